The van der Waals surface area contributed by atoms with Gasteiger partial charge in [0.1, 0.15) is 18.0 Å². The smallest absolute Gasteiger partial charge is 0.122 e. The van der Waals surface area contributed by atoms with E-state index in [4.69, 9.17) is 4.74 Å². The first kappa shape index (κ1) is 18.0. The van der Waals surface area contributed by atoms with Crippen LogP contribution in [0, 0.1) is 5.92 Å². The average molecular weight is 314 g/mol. The van der Waals surface area contributed by atoms with Gasteiger partial charge in [-0.1, -0.05) is 12.1 Å². The summed E-state index contributed by atoms with van der Waals surface area (Å²) in [5, 5.41) is 20.2. The maximum absolute atomic E-state index is 10.9. The molecule has 3 saturated heterocycles. The molecular weight excluding hydrogens is 289 g/mol. The summed E-state index contributed by atoms with van der Waals surface area (Å²) in [6.45, 7) is 7.03. The van der Waals surface area contributed by atoms with Crippen LogP contribution in [0.1, 0.15) is 24.0 Å². The number of rotatable bonds is 6. The van der Waals surface area contributed by atoms with E-state index in [-0.39, 0.29) is 15.0 Å². The second-order valence-corrected chi connectivity index (χ2v) is 6.54. The zero-order valence-corrected chi connectivity index (χ0v) is 13.6. The van der Waals surface area contributed by atoms with Crippen LogP contribution in [0.5, 0.6) is 5.75 Å². The fourth-order valence-electron chi connectivity index (χ4n) is 3.70. The van der Waals surface area contributed by atoms with Crippen LogP contribution < -0.4 is 4.74 Å². The Morgan fingerprint density at radius 2 is 2.09 bits per heavy atom. The number of fused-ring (bicyclic) bond motifs is 3. The van der Waals surface area contributed by atoms with Crippen LogP contribution in [-0.4, -0.2) is 55.4 Å². The molecule has 3 aliphatic rings. The van der Waals surface area contributed by atoms with Crippen LogP contribution in [0.25, 0.3) is 0 Å². The van der Waals surface area contributed by atoms with E-state index >= 15 is 0 Å². The van der Waals surface area contributed by atoms with Crippen LogP contribution in [0.4, 0.5) is 0 Å². The van der Waals surface area contributed by atoms with E-state index in [1.807, 2.05) is 24.3 Å². The predicted octanol–water partition coefficient (Wildman–Crippen LogP) is 1.36. The summed E-state index contributed by atoms with van der Waals surface area (Å²) in [6.07, 6.45) is 4.63. The minimum Gasteiger partial charge on any atom is -0.490 e. The second kappa shape index (κ2) is 7.52. The molecule has 0 aliphatic carbocycles. The number of piperidine rings is 3. The molecule has 3 aliphatic heterocycles. The van der Waals surface area contributed by atoms with Crippen molar-refractivity contribution in [1.29, 1.82) is 0 Å². The van der Waals surface area contributed by atoms with E-state index in [9.17, 15) is 10.2 Å². The predicted molar refractivity (Wildman–Crippen MR) is 91.6 cm³/mol. The number of benzene rings is 1. The lowest BCUT2D eigenvalue weighted by Crippen LogP contribution is -2.61. The molecule has 0 amide bonds. The van der Waals surface area contributed by atoms with Crippen molar-refractivity contribution < 1.29 is 14.9 Å². The molecule has 5 heteroatoms. The van der Waals surface area contributed by atoms with Crippen LogP contribution >= 0.6 is 0 Å². The van der Waals surface area contributed by atoms with Crippen molar-refractivity contribution in [2.45, 2.75) is 31.5 Å². The monoisotopic (exact) mass is 314 g/mol. The molecular formula is C18H25BNO3. The average Bonchev–Trinajstić information content (AvgIpc) is 2.55. The van der Waals surface area contributed by atoms with Gasteiger partial charge >= 0.3 is 0 Å². The Kier molecular flexibility index (Phi) is 5.90. The molecule has 23 heavy (non-hydrogen) atoms. The van der Waals surface area contributed by atoms with Gasteiger partial charge in [0.25, 0.3) is 0 Å². The maximum Gasteiger partial charge on any atom is 0.122 e. The molecule has 1 aromatic rings. The lowest BCUT2D eigenvalue weighted by molar-refractivity contribution is -0.131. The number of aliphatic hydroxyl groups excluding tert-OH is 1. The standard InChI is InChI=1S/C18H25NO3.B/c1-2-3-15-10-14(11-20)4-5-17(15)22-13-18(21)12-19-8-6-16(18)7-9-19;/h2,4-5,10,16,20-21H,1,3,6-9,11-13H2;. The SMILES string of the molecule is C=CCc1cc(CO)ccc1OCC1(O)CN2CCC1CC2.[B]. The second-order valence-electron chi connectivity index (χ2n) is 6.54. The summed E-state index contributed by atoms with van der Waals surface area (Å²) in [5.41, 5.74) is 1.13. The molecule has 1 atom stereocenters. The lowest BCUT2D eigenvalue weighted by atomic mass is 9.76. The van der Waals surface area contributed by atoms with Crippen molar-refractivity contribution in [2.24, 2.45) is 5.92 Å². The molecule has 2 N–H and O–H groups in total. The van der Waals surface area contributed by atoms with Gasteiger partial charge in [-0.3, -0.25) is 0 Å². The Balaban J connectivity index is 0.00000192. The van der Waals surface area contributed by atoms with E-state index in [1.165, 1.54) is 0 Å². The summed E-state index contributed by atoms with van der Waals surface area (Å²) < 4.78 is 5.98. The van der Waals surface area contributed by atoms with Gasteiger partial charge in [-0.25, -0.2) is 0 Å². The fourth-order valence-corrected chi connectivity index (χ4v) is 3.70. The van der Waals surface area contributed by atoms with Crippen molar-refractivity contribution >= 4 is 8.41 Å². The minimum absolute atomic E-state index is 0. The number of aliphatic hydroxyl groups is 2. The number of hydrogen-bond donors (Lipinski definition) is 2. The summed E-state index contributed by atoms with van der Waals surface area (Å²) in [7, 11) is 0. The van der Waals surface area contributed by atoms with Gasteiger partial charge in [0.05, 0.1) is 6.61 Å². The molecule has 0 spiro atoms. The molecule has 3 radical (unpaired) electrons. The van der Waals surface area contributed by atoms with Gasteiger partial charge in [-0.2, -0.15) is 0 Å². The minimum atomic E-state index is -0.738. The Bertz CT molecular complexity index is 543. The highest BCUT2D eigenvalue weighted by Gasteiger charge is 2.46. The Labute approximate surface area is 140 Å². The van der Waals surface area contributed by atoms with E-state index in [1.54, 1.807) is 0 Å². The van der Waals surface area contributed by atoms with Gasteiger partial charge in [0, 0.05) is 15.0 Å². The van der Waals surface area contributed by atoms with Crippen LogP contribution in [0.2, 0.25) is 0 Å². The third-order valence-corrected chi connectivity index (χ3v) is 4.99. The Morgan fingerprint density at radius 3 is 2.65 bits per heavy atom. The highest BCUT2D eigenvalue weighted by atomic mass is 16.5. The molecule has 4 nitrogen and oxygen atoms in total. The normalized spacial score (nSPS) is 29.0. The van der Waals surface area contributed by atoms with E-state index in [0.717, 1.165) is 42.8 Å². The number of nitrogens with zero attached hydrogens (tertiary/aromatic N) is 1. The quantitative estimate of drug-likeness (QED) is 0.615. The molecule has 2 bridgehead atoms. The Hall–Kier alpha value is -1.30. The first-order valence-corrected chi connectivity index (χ1v) is 8.06. The molecule has 0 saturated carbocycles. The zero-order valence-electron chi connectivity index (χ0n) is 13.6. The van der Waals surface area contributed by atoms with E-state index in [2.05, 4.69) is 11.5 Å². The highest BCUT2D eigenvalue weighted by Crippen LogP contribution is 2.36. The topological polar surface area (TPSA) is 52.9 Å². The molecule has 4 rings (SSSR count). The number of ether oxygens (including phenoxy) is 1. The zero-order chi connectivity index (χ0) is 15.6. The number of hydrogen-bond acceptors (Lipinski definition) is 4. The van der Waals surface area contributed by atoms with Gasteiger partial charge in [0.15, 0.2) is 0 Å². The van der Waals surface area contributed by atoms with E-state index < -0.39 is 5.60 Å². The van der Waals surface area contributed by atoms with Gasteiger partial charge in [-0.05, 0) is 61.5 Å². The molecule has 3 fully saturated rings. The first-order chi connectivity index (χ1) is 10.6. The Morgan fingerprint density at radius 1 is 1.35 bits per heavy atom. The first-order valence-electron chi connectivity index (χ1n) is 8.06. The van der Waals surface area contributed by atoms with Crippen LogP contribution in [-0.2, 0) is 13.0 Å². The largest absolute Gasteiger partial charge is 0.490 e. The summed E-state index contributed by atoms with van der Waals surface area (Å²) in [6, 6.07) is 5.69. The van der Waals surface area contributed by atoms with Gasteiger partial charge in [0.2, 0.25) is 0 Å². The molecule has 0 aromatic heterocycles. The maximum atomic E-state index is 10.9. The van der Waals surface area contributed by atoms with Crippen molar-refractivity contribution in [3.05, 3.63) is 42.0 Å². The van der Waals surface area contributed by atoms with Crippen LogP contribution in [0.15, 0.2) is 30.9 Å². The van der Waals surface area contributed by atoms with E-state index in [0.29, 0.717) is 25.5 Å². The van der Waals surface area contributed by atoms with Crippen molar-refractivity contribution in [2.75, 3.05) is 26.2 Å². The molecule has 3 heterocycles. The van der Waals surface area contributed by atoms with Crippen molar-refractivity contribution in [3.8, 4) is 5.75 Å². The summed E-state index contributed by atoms with van der Waals surface area (Å²) in [5.74, 6) is 1.12. The molecule has 1 unspecified atom stereocenters. The highest BCUT2D eigenvalue weighted by molar-refractivity contribution is 5.75. The van der Waals surface area contributed by atoms with Crippen molar-refractivity contribution in [1.82, 2.24) is 4.90 Å². The lowest BCUT2D eigenvalue weighted by Gasteiger charge is -2.50. The van der Waals surface area contributed by atoms with Gasteiger partial charge in [-0.15, -0.1) is 6.58 Å². The summed E-state index contributed by atoms with van der Waals surface area (Å²) >= 11 is 0. The third kappa shape index (κ3) is 3.79. The summed E-state index contributed by atoms with van der Waals surface area (Å²) in [4.78, 5) is 2.32. The molecule has 1 aromatic carbocycles. The van der Waals surface area contributed by atoms with Crippen molar-refractivity contribution in [3.63, 3.8) is 0 Å². The number of allylic oxidation sites excluding steroid dienone is 1. The van der Waals surface area contributed by atoms with Crippen LogP contribution in [0.3, 0.4) is 0 Å². The molecule has 123 valence electrons. The fraction of sp³-hybridized carbons (Fsp3) is 0.556. The van der Waals surface area contributed by atoms with Gasteiger partial charge < -0.3 is 19.8 Å². The third-order valence-electron chi connectivity index (χ3n) is 4.99.